The predicted octanol–water partition coefficient (Wildman–Crippen LogP) is 4.35. The molecule has 0 radical (unpaired) electrons. The molecule has 0 amide bonds. The number of rotatable bonds is 9. The van der Waals surface area contributed by atoms with Crippen molar-refractivity contribution in [3.05, 3.63) is 83.6 Å². The molecule has 2 aromatic rings. The van der Waals surface area contributed by atoms with Crippen LogP contribution in [0.4, 0.5) is 5.82 Å². The lowest BCUT2D eigenvalue weighted by Gasteiger charge is -2.29. The predicted molar refractivity (Wildman–Crippen MR) is 153 cm³/mol. The zero-order valence-electron chi connectivity index (χ0n) is 23.3. The third-order valence-electron chi connectivity index (χ3n) is 7.18. The van der Waals surface area contributed by atoms with E-state index in [0.29, 0.717) is 17.8 Å². The van der Waals surface area contributed by atoms with Gasteiger partial charge in [-0.15, -0.1) is 0 Å². The van der Waals surface area contributed by atoms with Crippen LogP contribution < -0.4 is 5.73 Å². The molecular weight excluding hydrogens is 494 g/mol. The number of nitrogens with two attached hydrogens (primary N) is 1. The Bertz CT molecular complexity index is 1360. The van der Waals surface area contributed by atoms with Crippen molar-refractivity contribution in [3.63, 3.8) is 0 Å². The summed E-state index contributed by atoms with van der Waals surface area (Å²) in [6.07, 6.45) is 16.9. The Kier molecular flexibility index (Phi) is 8.97. The minimum Gasteiger partial charge on any atom is -0.387 e. The van der Waals surface area contributed by atoms with E-state index in [4.69, 9.17) is 15.2 Å². The molecule has 9 heteroatoms. The van der Waals surface area contributed by atoms with E-state index in [1.807, 2.05) is 25.2 Å². The number of nitrogen functional groups attached to an aromatic ring is 1. The maximum atomic E-state index is 10.6. The van der Waals surface area contributed by atoms with Crippen LogP contribution in [0.15, 0.2) is 83.6 Å². The zero-order chi connectivity index (χ0) is 28.2. The second kappa shape index (κ2) is 12.2. The summed E-state index contributed by atoms with van der Waals surface area (Å²) < 4.78 is 13.2. The van der Waals surface area contributed by atoms with Crippen molar-refractivity contribution in [3.8, 4) is 0 Å². The monoisotopic (exact) mass is 533 g/mol. The van der Waals surface area contributed by atoms with Gasteiger partial charge in [-0.05, 0) is 43.8 Å². The molecule has 9 nitrogen and oxygen atoms in total. The lowest BCUT2D eigenvalue weighted by molar-refractivity contribution is -0.0620. The highest BCUT2D eigenvalue weighted by Crippen LogP contribution is 2.37. The molecule has 0 aromatic carbocycles. The Labute approximate surface area is 229 Å². The first-order valence-electron chi connectivity index (χ1n) is 13.2. The van der Waals surface area contributed by atoms with E-state index in [2.05, 4.69) is 73.0 Å². The van der Waals surface area contributed by atoms with Gasteiger partial charge in [0.25, 0.3) is 0 Å². The van der Waals surface area contributed by atoms with Crippen molar-refractivity contribution < 1.29 is 19.7 Å². The number of aromatic nitrogens is 4. The summed E-state index contributed by atoms with van der Waals surface area (Å²) >= 11 is 0. The van der Waals surface area contributed by atoms with Gasteiger partial charge in [-0.1, -0.05) is 73.6 Å². The Morgan fingerprint density at radius 1 is 1.18 bits per heavy atom. The van der Waals surface area contributed by atoms with Gasteiger partial charge in [0, 0.05) is 0 Å². The number of anilines is 1. The van der Waals surface area contributed by atoms with Crippen LogP contribution >= 0.6 is 0 Å². The molecule has 0 unspecified atom stereocenters. The Morgan fingerprint density at radius 3 is 2.74 bits per heavy atom. The van der Waals surface area contributed by atoms with Gasteiger partial charge in [0.2, 0.25) is 0 Å². The van der Waals surface area contributed by atoms with E-state index in [1.165, 1.54) is 29.4 Å². The second-order valence-electron chi connectivity index (χ2n) is 10.8. The highest BCUT2D eigenvalue weighted by molar-refractivity contribution is 5.81. The minimum absolute atomic E-state index is 0.122. The number of aliphatic hydroxyl groups is 2. The van der Waals surface area contributed by atoms with Gasteiger partial charge in [0.05, 0.1) is 19.5 Å². The Balaban J connectivity index is 1.27. The highest BCUT2D eigenvalue weighted by Gasteiger charge is 2.44. The van der Waals surface area contributed by atoms with Crippen LogP contribution in [0.2, 0.25) is 0 Å². The van der Waals surface area contributed by atoms with Crippen molar-refractivity contribution >= 4 is 17.0 Å². The standard InChI is InChI=1S/C30H39N5O4/c1-19(11-12-22-21(3)10-7-14-30(22,4)5)8-6-9-20(2)13-15-38-16-23-25(36)26(37)29(39-23)35-18-34-24-27(31)32-17-33-28(24)35/h6-13,17-18,23,25-26,29,36-37H,14-16H2,1-5H3,(H2,31,32,33)/b9-6+,12-11+,19-8+,20-13+/t23-,25-,26-,29-/m1/s1. The molecule has 1 fully saturated rings. The van der Waals surface area contributed by atoms with Gasteiger partial charge in [0.1, 0.15) is 30.2 Å². The van der Waals surface area contributed by atoms with Crippen LogP contribution in [0.25, 0.3) is 11.2 Å². The summed E-state index contributed by atoms with van der Waals surface area (Å²) in [6.45, 7) is 11.3. The Morgan fingerprint density at radius 2 is 1.97 bits per heavy atom. The molecule has 1 aliphatic carbocycles. The molecule has 4 atom stereocenters. The van der Waals surface area contributed by atoms with Gasteiger partial charge < -0.3 is 25.4 Å². The van der Waals surface area contributed by atoms with Crippen molar-refractivity contribution in [2.45, 2.75) is 65.6 Å². The normalized spacial score (nSPS) is 26.1. The average Bonchev–Trinajstić information content (AvgIpc) is 3.43. The molecule has 208 valence electrons. The zero-order valence-corrected chi connectivity index (χ0v) is 23.3. The van der Waals surface area contributed by atoms with Crippen molar-refractivity contribution in [1.82, 2.24) is 19.5 Å². The summed E-state index contributed by atoms with van der Waals surface area (Å²) in [5.74, 6) is 0.235. The molecular formula is C30H39N5O4. The number of hydrogen-bond donors (Lipinski definition) is 3. The summed E-state index contributed by atoms with van der Waals surface area (Å²) in [7, 11) is 0. The van der Waals surface area contributed by atoms with Gasteiger partial charge in [-0.25, -0.2) is 15.0 Å². The fourth-order valence-electron chi connectivity index (χ4n) is 4.84. The Hall–Kier alpha value is -3.37. The molecule has 3 heterocycles. The first-order valence-corrected chi connectivity index (χ1v) is 13.2. The fourth-order valence-corrected chi connectivity index (χ4v) is 4.84. The topological polar surface area (TPSA) is 129 Å². The number of imidazole rings is 1. The minimum atomic E-state index is -1.17. The number of hydrogen-bond acceptors (Lipinski definition) is 8. The molecule has 2 aliphatic rings. The van der Waals surface area contributed by atoms with Crippen LogP contribution in [0.1, 0.15) is 47.3 Å². The first kappa shape index (κ1) is 28.6. The van der Waals surface area contributed by atoms with Crippen LogP contribution in [0.3, 0.4) is 0 Å². The highest BCUT2D eigenvalue weighted by atomic mass is 16.6. The third-order valence-corrected chi connectivity index (χ3v) is 7.18. The van der Waals surface area contributed by atoms with E-state index in [0.717, 1.165) is 12.0 Å². The van der Waals surface area contributed by atoms with Crippen LogP contribution in [0.5, 0.6) is 0 Å². The van der Waals surface area contributed by atoms with Gasteiger partial charge in [-0.3, -0.25) is 4.57 Å². The lowest BCUT2D eigenvalue weighted by atomic mass is 9.75. The van der Waals surface area contributed by atoms with Crippen LogP contribution in [0, 0.1) is 5.41 Å². The van der Waals surface area contributed by atoms with E-state index in [1.54, 1.807) is 4.57 Å². The first-order chi connectivity index (χ1) is 18.6. The smallest absolute Gasteiger partial charge is 0.167 e. The quantitative estimate of drug-likeness (QED) is 0.321. The van der Waals surface area contributed by atoms with E-state index in [-0.39, 0.29) is 17.8 Å². The van der Waals surface area contributed by atoms with Crippen molar-refractivity contribution in [1.29, 1.82) is 0 Å². The summed E-state index contributed by atoms with van der Waals surface area (Å²) in [5, 5.41) is 21.1. The number of aliphatic hydroxyl groups excluding tert-OH is 2. The number of ether oxygens (including phenoxy) is 2. The van der Waals surface area contributed by atoms with E-state index < -0.39 is 24.5 Å². The SMILES string of the molecule is CC1=C(/C=C/C(C)=C/C=C/C(C)=C/COC[C@H]2O[C@@H](n3cnc4c(N)ncnc43)[C@H](O)[C@@H]2O)C(C)(C)CC=C1. The lowest BCUT2D eigenvalue weighted by Crippen LogP contribution is -2.33. The number of allylic oxidation sites excluding steroid dienone is 11. The molecule has 1 saturated heterocycles. The maximum absolute atomic E-state index is 10.6. The fraction of sp³-hybridized carbons (Fsp3) is 0.433. The summed E-state index contributed by atoms with van der Waals surface area (Å²) in [5.41, 5.74) is 11.7. The van der Waals surface area contributed by atoms with Gasteiger partial charge in [0.15, 0.2) is 17.7 Å². The van der Waals surface area contributed by atoms with Crippen molar-refractivity contribution in [2.75, 3.05) is 18.9 Å². The largest absolute Gasteiger partial charge is 0.387 e. The second-order valence-corrected chi connectivity index (χ2v) is 10.8. The molecule has 4 rings (SSSR count). The van der Waals surface area contributed by atoms with Crippen molar-refractivity contribution in [2.24, 2.45) is 5.41 Å². The molecule has 1 aliphatic heterocycles. The number of fused-ring (bicyclic) bond motifs is 1. The van der Waals surface area contributed by atoms with Crippen LogP contribution in [-0.4, -0.2) is 61.3 Å². The van der Waals surface area contributed by atoms with Gasteiger partial charge >= 0.3 is 0 Å². The molecule has 39 heavy (non-hydrogen) atoms. The molecule has 0 bridgehead atoms. The summed E-state index contributed by atoms with van der Waals surface area (Å²) in [6, 6.07) is 0. The third kappa shape index (κ3) is 6.62. The molecule has 2 aromatic heterocycles. The average molecular weight is 534 g/mol. The molecule has 0 spiro atoms. The summed E-state index contributed by atoms with van der Waals surface area (Å²) in [4.78, 5) is 12.3. The van der Waals surface area contributed by atoms with Crippen LogP contribution in [-0.2, 0) is 9.47 Å². The van der Waals surface area contributed by atoms with E-state index in [9.17, 15) is 10.2 Å². The number of nitrogens with zero attached hydrogens (tertiary/aromatic N) is 4. The maximum Gasteiger partial charge on any atom is 0.167 e. The molecule has 4 N–H and O–H groups in total. The van der Waals surface area contributed by atoms with Gasteiger partial charge in [-0.2, -0.15) is 0 Å². The molecule has 0 saturated carbocycles. The van der Waals surface area contributed by atoms with E-state index >= 15 is 0 Å².